The SMILES string of the molecule is CCc1cc2cccc(Cc3ccccc3)c2nc1NC. The first kappa shape index (κ1) is 13.6. The molecule has 2 heteroatoms. The number of aromatic nitrogens is 1. The van der Waals surface area contributed by atoms with Crippen LogP contribution in [0.15, 0.2) is 54.6 Å². The maximum absolute atomic E-state index is 4.85. The largest absolute Gasteiger partial charge is 0.373 e. The molecule has 0 atom stereocenters. The first-order valence-corrected chi connectivity index (χ1v) is 7.45. The van der Waals surface area contributed by atoms with E-state index in [-0.39, 0.29) is 0 Å². The number of nitrogens with zero attached hydrogens (tertiary/aromatic N) is 1. The summed E-state index contributed by atoms with van der Waals surface area (Å²) >= 11 is 0. The average Bonchev–Trinajstić information content (AvgIpc) is 2.55. The van der Waals surface area contributed by atoms with Crippen LogP contribution >= 0.6 is 0 Å². The van der Waals surface area contributed by atoms with E-state index in [1.54, 1.807) is 0 Å². The van der Waals surface area contributed by atoms with Crippen molar-refractivity contribution in [2.24, 2.45) is 0 Å². The number of anilines is 1. The number of pyridine rings is 1. The van der Waals surface area contributed by atoms with Gasteiger partial charge >= 0.3 is 0 Å². The molecule has 0 aliphatic heterocycles. The lowest BCUT2D eigenvalue weighted by Gasteiger charge is -2.11. The number of hydrogen-bond donors (Lipinski definition) is 1. The predicted molar refractivity (Wildman–Crippen MR) is 89.9 cm³/mol. The number of aryl methyl sites for hydroxylation is 1. The fraction of sp³-hybridized carbons (Fsp3) is 0.211. The van der Waals surface area contributed by atoms with E-state index >= 15 is 0 Å². The Morgan fingerprint density at radius 3 is 2.48 bits per heavy atom. The summed E-state index contributed by atoms with van der Waals surface area (Å²) in [5.41, 5.74) is 4.96. The summed E-state index contributed by atoms with van der Waals surface area (Å²) in [6.45, 7) is 2.16. The molecule has 21 heavy (non-hydrogen) atoms. The minimum Gasteiger partial charge on any atom is -0.373 e. The third-order valence-electron chi connectivity index (χ3n) is 3.86. The van der Waals surface area contributed by atoms with Crippen LogP contribution in [-0.4, -0.2) is 12.0 Å². The summed E-state index contributed by atoms with van der Waals surface area (Å²) in [7, 11) is 1.94. The van der Waals surface area contributed by atoms with E-state index in [1.807, 2.05) is 7.05 Å². The highest BCUT2D eigenvalue weighted by Gasteiger charge is 2.08. The van der Waals surface area contributed by atoms with Crippen molar-refractivity contribution in [2.75, 3.05) is 12.4 Å². The summed E-state index contributed by atoms with van der Waals surface area (Å²) in [6.07, 6.45) is 1.90. The Labute approximate surface area is 125 Å². The van der Waals surface area contributed by atoms with Crippen LogP contribution in [0, 0.1) is 0 Å². The minimum absolute atomic E-state index is 0.916. The quantitative estimate of drug-likeness (QED) is 0.762. The van der Waals surface area contributed by atoms with E-state index in [1.165, 1.54) is 22.1 Å². The highest BCUT2D eigenvalue weighted by Crippen LogP contribution is 2.25. The Morgan fingerprint density at radius 2 is 1.76 bits per heavy atom. The van der Waals surface area contributed by atoms with Gasteiger partial charge in [-0.05, 0) is 35.6 Å². The van der Waals surface area contributed by atoms with Gasteiger partial charge in [-0.15, -0.1) is 0 Å². The number of benzene rings is 2. The van der Waals surface area contributed by atoms with E-state index in [2.05, 4.69) is 66.8 Å². The van der Waals surface area contributed by atoms with Crippen molar-refractivity contribution in [2.45, 2.75) is 19.8 Å². The molecule has 3 aromatic rings. The molecule has 1 N–H and O–H groups in total. The Hall–Kier alpha value is -2.35. The van der Waals surface area contributed by atoms with Crippen LogP contribution in [0.3, 0.4) is 0 Å². The van der Waals surface area contributed by atoms with Gasteiger partial charge in [0.1, 0.15) is 5.82 Å². The zero-order valence-corrected chi connectivity index (χ0v) is 12.6. The molecule has 1 heterocycles. The topological polar surface area (TPSA) is 24.9 Å². The molecule has 1 aromatic heterocycles. The smallest absolute Gasteiger partial charge is 0.129 e. The van der Waals surface area contributed by atoms with Gasteiger partial charge in [0.15, 0.2) is 0 Å². The summed E-state index contributed by atoms with van der Waals surface area (Å²) in [4.78, 5) is 4.85. The maximum Gasteiger partial charge on any atom is 0.129 e. The molecule has 106 valence electrons. The molecule has 0 bridgehead atoms. The molecular weight excluding hydrogens is 256 g/mol. The van der Waals surface area contributed by atoms with Crippen molar-refractivity contribution in [1.29, 1.82) is 0 Å². The van der Waals surface area contributed by atoms with Gasteiger partial charge in [-0.2, -0.15) is 0 Å². The molecule has 0 unspecified atom stereocenters. The van der Waals surface area contributed by atoms with Crippen molar-refractivity contribution >= 4 is 16.7 Å². The molecule has 0 aliphatic rings. The molecule has 0 spiro atoms. The van der Waals surface area contributed by atoms with Crippen LogP contribution in [0.4, 0.5) is 5.82 Å². The third-order valence-corrected chi connectivity index (χ3v) is 3.86. The van der Waals surface area contributed by atoms with Gasteiger partial charge in [0.25, 0.3) is 0 Å². The minimum atomic E-state index is 0.916. The zero-order chi connectivity index (χ0) is 14.7. The lowest BCUT2D eigenvalue weighted by atomic mass is 10.0. The number of rotatable bonds is 4. The van der Waals surface area contributed by atoms with Gasteiger partial charge in [0.2, 0.25) is 0 Å². The van der Waals surface area contributed by atoms with Crippen molar-refractivity contribution in [3.63, 3.8) is 0 Å². The molecule has 2 aromatic carbocycles. The molecule has 2 nitrogen and oxygen atoms in total. The van der Waals surface area contributed by atoms with E-state index < -0.39 is 0 Å². The molecular formula is C19H20N2. The highest BCUT2D eigenvalue weighted by molar-refractivity contribution is 5.85. The first-order chi connectivity index (χ1) is 10.3. The third kappa shape index (κ3) is 2.75. The number of fused-ring (bicyclic) bond motifs is 1. The lowest BCUT2D eigenvalue weighted by molar-refractivity contribution is 1.11. The number of para-hydroxylation sites is 1. The normalized spacial score (nSPS) is 10.8. The Morgan fingerprint density at radius 1 is 0.952 bits per heavy atom. The van der Waals surface area contributed by atoms with Crippen LogP contribution in [0.1, 0.15) is 23.6 Å². The summed E-state index contributed by atoms with van der Waals surface area (Å²) in [5, 5.41) is 4.44. The van der Waals surface area contributed by atoms with Crippen LogP contribution in [0.25, 0.3) is 10.9 Å². The average molecular weight is 276 g/mol. The predicted octanol–water partition coefficient (Wildman–Crippen LogP) is 4.43. The second-order valence-corrected chi connectivity index (χ2v) is 5.25. The molecule has 3 rings (SSSR count). The van der Waals surface area contributed by atoms with Crippen LogP contribution < -0.4 is 5.32 Å². The fourth-order valence-corrected chi connectivity index (χ4v) is 2.75. The fourth-order valence-electron chi connectivity index (χ4n) is 2.75. The molecule has 0 amide bonds. The Balaban J connectivity index is 2.10. The van der Waals surface area contributed by atoms with Gasteiger partial charge in [-0.3, -0.25) is 0 Å². The first-order valence-electron chi connectivity index (χ1n) is 7.45. The maximum atomic E-state index is 4.85. The van der Waals surface area contributed by atoms with E-state index in [4.69, 9.17) is 4.98 Å². The summed E-state index contributed by atoms with van der Waals surface area (Å²) in [5.74, 6) is 0.991. The molecule has 0 radical (unpaired) electrons. The standard InChI is InChI=1S/C19H20N2/c1-3-15-13-17-11-7-10-16(18(17)21-19(15)20-2)12-14-8-5-4-6-9-14/h4-11,13H,3,12H2,1-2H3,(H,20,21). The van der Waals surface area contributed by atoms with Crippen LogP contribution in [0.2, 0.25) is 0 Å². The molecule has 0 saturated heterocycles. The van der Waals surface area contributed by atoms with Gasteiger partial charge < -0.3 is 5.32 Å². The highest BCUT2D eigenvalue weighted by atomic mass is 15.0. The number of hydrogen-bond acceptors (Lipinski definition) is 2. The number of nitrogens with one attached hydrogen (secondary N) is 1. The summed E-state index contributed by atoms with van der Waals surface area (Å²) in [6, 6.07) is 19.3. The Bertz CT molecular complexity index is 748. The van der Waals surface area contributed by atoms with Crippen molar-refractivity contribution < 1.29 is 0 Å². The molecule has 0 saturated carbocycles. The van der Waals surface area contributed by atoms with E-state index in [0.717, 1.165) is 24.2 Å². The monoisotopic (exact) mass is 276 g/mol. The van der Waals surface area contributed by atoms with Gasteiger partial charge in [0, 0.05) is 12.4 Å². The molecule has 0 fully saturated rings. The lowest BCUT2D eigenvalue weighted by Crippen LogP contribution is -2.00. The van der Waals surface area contributed by atoms with E-state index in [0.29, 0.717) is 0 Å². The zero-order valence-electron chi connectivity index (χ0n) is 12.6. The second-order valence-electron chi connectivity index (χ2n) is 5.25. The van der Waals surface area contributed by atoms with Gasteiger partial charge in [-0.1, -0.05) is 55.5 Å². The van der Waals surface area contributed by atoms with Crippen LogP contribution in [0.5, 0.6) is 0 Å². The Kier molecular flexibility index (Phi) is 3.87. The van der Waals surface area contributed by atoms with Crippen molar-refractivity contribution in [1.82, 2.24) is 4.98 Å². The van der Waals surface area contributed by atoms with Crippen molar-refractivity contribution in [3.8, 4) is 0 Å². The van der Waals surface area contributed by atoms with Gasteiger partial charge in [0.05, 0.1) is 5.52 Å². The van der Waals surface area contributed by atoms with Crippen molar-refractivity contribution in [3.05, 3.63) is 71.3 Å². The van der Waals surface area contributed by atoms with Crippen LogP contribution in [-0.2, 0) is 12.8 Å². The second kappa shape index (κ2) is 5.96. The van der Waals surface area contributed by atoms with Gasteiger partial charge in [-0.25, -0.2) is 4.98 Å². The molecule has 0 aliphatic carbocycles. The van der Waals surface area contributed by atoms with E-state index in [9.17, 15) is 0 Å². The summed E-state index contributed by atoms with van der Waals surface area (Å²) < 4.78 is 0.